The Morgan fingerprint density at radius 1 is 0.882 bits per heavy atom. The number of carboxylic acids is 1. The lowest BCUT2D eigenvalue weighted by Gasteiger charge is -2.30. The van der Waals surface area contributed by atoms with Crippen LogP contribution in [0.25, 0.3) is 11.1 Å². The normalized spacial score (nSPS) is 21.2. The van der Waals surface area contributed by atoms with Crippen LogP contribution in [0.1, 0.15) is 38.5 Å². The highest BCUT2D eigenvalue weighted by Gasteiger charge is 2.41. The smallest absolute Gasteiger partial charge is 0.391 e. The molecule has 2 aromatic carbocycles. The van der Waals surface area contributed by atoms with Gasteiger partial charge in [0.05, 0.1) is 17.9 Å². The van der Waals surface area contributed by atoms with E-state index in [1.165, 1.54) is 0 Å². The topological polar surface area (TPSA) is 66.8 Å². The second-order valence-electron chi connectivity index (χ2n) is 8.78. The van der Waals surface area contributed by atoms with Gasteiger partial charge in [-0.25, -0.2) is 0 Å². The fraction of sp³-hybridized carbons (Fsp3) is 0.462. The molecule has 0 aromatic heterocycles. The molecule has 2 aromatic rings. The van der Waals surface area contributed by atoms with Crippen LogP contribution in [0, 0.1) is 11.8 Å². The van der Waals surface area contributed by atoms with Crippen molar-refractivity contribution < 1.29 is 32.6 Å². The molecular weight excluding hydrogens is 447 g/mol. The Kier molecular flexibility index (Phi) is 8.96. The van der Waals surface area contributed by atoms with Crippen LogP contribution in [0.3, 0.4) is 0 Å². The Morgan fingerprint density at radius 3 is 1.94 bits per heavy atom. The largest absolute Gasteiger partial charge is 0.490 e. The van der Waals surface area contributed by atoms with E-state index >= 15 is 0 Å². The molecule has 0 radical (unpaired) electrons. The van der Waals surface area contributed by atoms with Crippen molar-refractivity contribution in [3.05, 3.63) is 54.6 Å². The predicted octanol–water partition coefficient (Wildman–Crippen LogP) is 5.79. The summed E-state index contributed by atoms with van der Waals surface area (Å²) in [6, 6.07) is 17.7. The van der Waals surface area contributed by atoms with Gasteiger partial charge in [0.15, 0.2) is 0 Å². The van der Waals surface area contributed by atoms with Gasteiger partial charge in [0, 0.05) is 13.1 Å². The number of hydrogen-bond acceptors (Lipinski definition) is 3. The molecule has 1 aliphatic heterocycles. The van der Waals surface area contributed by atoms with Crippen molar-refractivity contribution in [2.75, 3.05) is 13.1 Å². The summed E-state index contributed by atoms with van der Waals surface area (Å²) in [5, 5.41) is 8.59. The Balaban J connectivity index is 0.000000248. The number of amides is 1. The minimum absolute atomic E-state index is 0.115. The highest BCUT2D eigenvalue weighted by molar-refractivity contribution is 5.70. The van der Waals surface area contributed by atoms with E-state index < -0.39 is 18.1 Å². The summed E-state index contributed by atoms with van der Waals surface area (Å²) in [6.07, 6.45) is -0.972. The summed E-state index contributed by atoms with van der Waals surface area (Å²) in [6.45, 7) is 1.17. The van der Waals surface area contributed by atoms with Crippen LogP contribution >= 0.6 is 0 Å². The van der Waals surface area contributed by atoms with Crippen LogP contribution < -0.4 is 4.74 Å². The third-order valence-corrected chi connectivity index (χ3v) is 6.43. The molecule has 0 bridgehead atoms. The van der Waals surface area contributed by atoms with Gasteiger partial charge in [-0.3, -0.25) is 9.59 Å². The summed E-state index contributed by atoms with van der Waals surface area (Å²) >= 11 is 0. The van der Waals surface area contributed by atoms with E-state index in [1.54, 1.807) is 4.90 Å². The third kappa shape index (κ3) is 7.50. The molecule has 34 heavy (non-hydrogen) atoms. The van der Waals surface area contributed by atoms with E-state index in [2.05, 4.69) is 0 Å². The zero-order valence-electron chi connectivity index (χ0n) is 18.9. The zero-order valence-corrected chi connectivity index (χ0v) is 18.9. The van der Waals surface area contributed by atoms with Gasteiger partial charge in [-0.1, -0.05) is 42.5 Å². The van der Waals surface area contributed by atoms with Gasteiger partial charge in [-0.05, 0) is 61.8 Å². The van der Waals surface area contributed by atoms with Crippen LogP contribution in [0.4, 0.5) is 13.2 Å². The molecular formula is C26H30F3NO4. The van der Waals surface area contributed by atoms with Crippen LogP contribution in [0.2, 0.25) is 0 Å². The number of hydrogen-bond donors (Lipinski definition) is 1. The molecule has 0 spiro atoms. The van der Waals surface area contributed by atoms with Gasteiger partial charge in [0.2, 0.25) is 6.41 Å². The lowest BCUT2D eigenvalue weighted by Crippen LogP contribution is -2.35. The van der Waals surface area contributed by atoms with Crippen molar-refractivity contribution in [1.82, 2.24) is 4.90 Å². The molecule has 1 N–H and O–H groups in total. The molecule has 184 valence electrons. The van der Waals surface area contributed by atoms with Crippen molar-refractivity contribution in [1.29, 1.82) is 0 Å². The number of aliphatic carboxylic acids is 1. The quantitative estimate of drug-likeness (QED) is 0.554. The standard InChI is InChI=1S/C19H19F3O.C7H11NO3/c20-19(21,22)16-8-12-18(13-9-16)23-17-10-6-15(7-11-17)14-4-2-1-3-5-14;9-5-8-3-1-6(2-4-8)7(10)11/h1-7,10-11,16,18H,8-9,12-13H2;5-6H,1-4H2,(H,10,11). The Hall–Kier alpha value is -3.03. The third-order valence-electron chi connectivity index (χ3n) is 6.43. The fourth-order valence-electron chi connectivity index (χ4n) is 4.31. The SMILES string of the molecule is FC(F)(F)C1CCC(Oc2ccc(-c3ccccc3)cc2)CC1.O=CN1CCC(C(=O)O)CC1. The molecule has 8 heteroatoms. The van der Waals surface area contributed by atoms with Gasteiger partial charge in [0.25, 0.3) is 0 Å². The highest BCUT2D eigenvalue weighted by Crippen LogP contribution is 2.38. The number of halogens is 3. The summed E-state index contributed by atoms with van der Waals surface area (Å²) in [4.78, 5) is 22.3. The van der Waals surface area contributed by atoms with Crippen molar-refractivity contribution in [3.8, 4) is 16.9 Å². The van der Waals surface area contributed by atoms with Crippen molar-refractivity contribution in [2.24, 2.45) is 11.8 Å². The van der Waals surface area contributed by atoms with Gasteiger partial charge in [0.1, 0.15) is 5.75 Å². The molecule has 4 rings (SSSR count). The number of likely N-dealkylation sites (tertiary alicyclic amines) is 1. The second kappa shape index (κ2) is 11.9. The molecule has 1 saturated heterocycles. The lowest BCUT2D eigenvalue weighted by atomic mass is 9.87. The molecule has 1 saturated carbocycles. The van der Waals surface area contributed by atoms with Gasteiger partial charge < -0.3 is 14.7 Å². The van der Waals surface area contributed by atoms with Crippen LogP contribution in [0.15, 0.2) is 54.6 Å². The molecule has 0 atom stereocenters. The number of nitrogens with zero attached hydrogens (tertiary/aromatic N) is 1. The minimum atomic E-state index is -4.07. The Bertz CT molecular complexity index is 902. The highest BCUT2D eigenvalue weighted by atomic mass is 19.4. The first kappa shape index (κ1) is 25.6. The first-order valence-corrected chi connectivity index (χ1v) is 11.6. The summed E-state index contributed by atoms with van der Waals surface area (Å²) in [7, 11) is 0. The maximum absolute atomic E-state index is 12.7. The van der Waals surface area contributed by atoms with Crippen molar-refractivity contribution in [3.63, 3.8) is 0 Å². The first-order chi connectivity index (χ1) is 16.3. The summed E-state index contributed by atoms with van der Waals surface area (Å²) in [5.41, 5.74) is 2.23. The zero-order chi connectivity index (χ0) is 24.6. The van der Waals surface area contributed by atoms with E-state index in [4.69, 9.17) is 9.84 Å². The van der Waals surface area contributed by atoms with E-state index in [-0.39, 0.29) is 24.9 Å². The van der Waals surface area contributed by atoms with Crippen LogP contribution in [0.5, 0.6) is 5.75 Å². The minimum Gasteiger partial charge on any atom is -0.490 e. The van der Waals surface area contributed by atoms with E-state index in [0.717, 1.165) is 23.3 Å². The molecule has 1 heterocycles. The van der Waals surface area contributed by atoms with Crippen molar-refractivity contribution in [2.45, 2.75) is 50.8 Å². The van der Waals surface area contributed by atoms with E-state index in [1.807, 2.05) is 54.6 Å². The van der Waals surface area contributed by atoms with Gasteiger partial charge >= 0.3 is 12.1 Å². The molecule has 2 aliphatic rings. The van der Waals surface area contributed by atoms with E-state index in [9.17, 15) is 22.8 Å². The number of alkyl halides is 3. The summed E-state index contributed by atoms with van der Waals surface area (Å²) < 4.78 is 43.8. The Labute approximate surface area is 197 Å². The molecule has 1 aliphatic carbocycles. The van der Waals surface area contributed by atoms with E-state index in [0.29, 0.717) is 38.8 Å². The number of carbonyl (C=O) groups excluding carboxylic acids is 1. The predicted molar refractivity (Wildman–Crippen MR) is 122 cm³/mol. The second-order valence-corrected chi connectivity index (χ2v) is 8.78. The number of carbonyl (C=O) groups is 2. The maximum Gasteiger partial charge on any atom is 0.391 e. The average Bonchev–Trinajstić information content (AvgIpc) is 2.85. The molecule has 1 amide bonds. The Morgan fingerprint density at radius 2 is 1.44 bits per heavy atom. The van der Waals surface area contributed by atoms with Gasteiger partial charge in [-0.15, -0.1) is 0 Å². The monoisotopic (exact) mass is 477 g/mol. The fourth-order valence-corrected chi connectivity index (χ4v) is 4.31. The number of piperidine rings is 1. The van der Waals surface area contributed by atoms with Crippen LogP contribution in [-0.2, 0) is 9.59 Å². The molecule has 5 nitrogen and oxygen atoms in total. The maximum atomic E-state index is 12.7. The number of carboxylic acid groups (broad SMARTS) is 1. The number of ether oxygens (including phenoxy) is 1. The van der Waals surface area contributed by atoms with Crippen LogP contribution in [-0.4, -0.2) is 47.8 Å². The van der Waals surface area contributed by atoms with Crippen molar-refractivity contribution >= 4 is 12.4 Å². The first-order valence-electron chi connectivity index (χ1n) is 11.6. The summed E-state index contributed by atoms with van der Waals surface area (Å²) in [5.74, 6) is -1.43. The molecule has 2 fully saturated rings. The lowest BCUT2D eigenvalue weighted by molar-refractivity contribution is -0.185. The number of rotatable bonds is 5. The van der Waals surface area contributed by atoms with Gasteiger partial charge in [-0.2, -0.15) is 13.2 Å². The average molecular weight is 478 g/mol. The molecule has 0 unspecified atom stereocenters. The number of benzene rings is 2.